The lowest BCUT2D eigenvalue weighted by molar-refractivity contribution is -0.412. The third kappa shape index (κ3) is 4.94. The molecule has 0 N–H and O–H groups in total. The predicted octanol–water partition coefficient (Wildman–Crippen LogP) is 0.934. The molecule has 2 nitrogen and oxygen atoms in total. The fraction of sp³-hybridized carbons (Fsp3) is 0.429. The highest BCUT2D eigenvalue weighted by molar-refractivity contribution is 5.76. The van der Waals surface area contributed by atoms with Crippen molar-refractivity contribution in [2.24, 2.45) is 4.99 Å². The normalized spacial score (nSPS) is 12.6. The van der Waals surface area contributed by atoms with Gasteiger partial charge in [0.05, 0.1) is 0 Å². The van der Waals surface area contributed by atoms with Gasteiger partial charge in [0.1, 0.15) is 13.8 Å². The van der Waals surface area contributed by atoms with Crippen LogP contribution in [-0.4, -0.2) is 31.6 Å². The molecule has 0 unspecified atom stereocenters. The third-order valence-electron chi connectivity index (χ3n) is 0.757. The second kappa shape index (κ2) is 4.01. The van der Waals surface area contributed by atoms with Gasteiger partial charge in [-0.2, -0.15) is 0 Å². The molecule has 0 aliphatic rings. The van der Waals surface area contributed by atoms with Crippen LogP contribution in [0.15, 0.2) is 16.8 Å². The van der Waals surface area contributed by atoms with Crippen LogP contribution in [0.25, 0.3) is 0 Å². The van der Waals surface area contributed by atoms with Crippen LogP contribution < -0.4 is 0 Å². The summed E-state index contributed by atoms with van der Waals surface area (Å²) in [5, 5.41) is 0. The summed E-state index contributed by atoms with van der Waals surface area (Å²) >= 11 is 0. The van der Waals surface area contributed by atoms with Crippen LogP contribution in [0.1, 0.15) is 6.92 Å². The number of allylic oxidation sites excluding steroid dienone is 1. The minimum absolute atomic E-state index is 1.11. The lowest BCUT2D eigenvalue weighted by Crippen LogP contribution is -1.91. The molecule has 0 aliphatic carbocycles. The van der Waals surface area contributed by atoms with Gasteiger partial charge in [-0.1, -0.05) is 0 Å². The van der Waals surface area contributed by atoms with Crippen LogP contribution >= 0.6 is 0 Å². The van der Waals surface area contributed by atoms with E-state index in [2.05, 4.69) is 11.7 Å². The molecule has 0 spiro atoms. The standard InChI is InChI=1S/C7H13N2/c1-7(5-8-2)6-9(3)4/h5-6H,3H2,1-2,4H3/q+1. The van der Waals surface area contributed by atoms with Crippen molar-refractivity contribution in [3.8, 4) is 0 Å². The molecule has 0 rings (SSSR count). The van der Waals surface area contributed by atoms with Crippen molar-refractivity contribution in [1.29, 1.82) is 0 Å². The minimum Gasteiger partial charge on any atom is -0.296 e. The van der Waals surface area contributed by atoms with Crippen molar-refractivity contribution in [3.63, 3.8) is 0 Å². The summed E-state index contributed by atoms with van der Waals surface area (Å²) < 4.78 is 1.75. The summed E-state index contributed by atoms with van der Waals surface area (Å²) in [6.07, 6.45) is 3.70. The molecular weight excluding hydrogens is 112 g/mol. The number of hydrogen-bond donors (Lipinski definition) is 0. The Hall–Kier alpha value is -0.920. The van der Waals surface area contributed by atoms with Gasteiger partial charge >= 0.3 is 0 Å². The summed E-state index contributed by atoms with van der Waals surface area (Å²) in [5.74, 6) is 0. The second-order valence-corrected chi connectivity index (χ2v) is 2.02. The van der Waals surface area contributed by atoms with Gasteiger partial charge in [0.2, 0.25) is 0 Å². The maximum atomic E-state index is 3.84. The molecule has 0 fully saturated rings. The van der Waals surface area contributed by atoms with Crippen LogP contribution in [0.2, 0.25) is 0 Å². The molecule has 0 atom stereocenters. The fourth-order valence-corrected chi connectivity index (χ4v) is 0.585. The Kier molecular flexibility index (Phi) is 3.60. The van der Waals surface area contributed by atoms with E-state index in [4.69, 9.17) is 0 Å². The molecule has 50 valence electrons. The first-order chi connectivity index (χ1) is 4.16. The Morgan fingerprint density at radius 2 is 2.22 bits per heavy atom. The molecular formula is C7H13N2+. The number of rotatable bonds is 2. The number of nitrogens with zero attached hydrogens (tertiary/aromatic N) is 2. The van der Waals surface area contributed by atoms with Crippen LogP contribution in [-0.2, 0) is 0 Å². The zero-order valence-electron chi connectivity index (χ0n) is 6.26. The van der Waals surface area contributed by atoms with E-state index in [1.807, 2.05) is 20.2 Å². The second-order valence-electron chi connectivity index (χ2n) is 2.02. The minimum atomic E-state index is 1.11. The zero-order valence-corrected chi connectivity index (χ0v) is 6.26. The van der Waals surface area contributed by atoms with Crippen molar-refractivity contribution >= 4 is 12.9 Å². The summed E-state index contributed by atoms with van der Waals surface area (Å²) in [7, 11) is 3.63. The molecule has 0 aromatic carbocycles. The molecule has 0 bridgehead atoms. The van der Waals surface area contributed by atoms with Gasteiger partial charge in [0.25, 0.3) is 0 Å². The van der Waals surface area contributed by atoms with Crippen LogP contribution in [0.4, 0.5) is 0 Å². The summed E-state index contributed by atoms with van der Waals surface area (Å²) in [6.45, 7) is 5.64. The molecule has 0 amide bonds. The quantitative estimate of drug-likeness (QED) is 0.385. The maximum Gasteiger partial charge on any atom is 0.172 e. The monoisotopic (exact) mass is 125 g/mol. The van der Waals surface area contributed by atoms with E-state index in [1.54, 1.807) is 17.8 Å². The molecule has 0 aromatic rings. The van der Waals surface area contributed by atoms with Crippen LogP contribution in [0.5, 0.6) is 0 Å². The maximum absolute atomic E-state index is 3.84. The first kappa shape index (κ1) is 8.08. The van der Waals surface area contributed by atoms with Crippen LogP contribution in [0, 0.1) is 0 Å². The van der Waals surface area contributed by atoms with Crippen molar-refractivity contribution in [3.05, 3.63) is 11.8 Å². The van der Waals surface area contributed by atoms with E-state index in [0.29, 0.717) is 0 Å². The van der Waals surface area contributed by atoms with E-state index in [1.165, 1.54) is 0 Å². The van der Waals surface area contributed by atoms with E-state index in [0.717, 1.165) is 5.57 Å². The first-order valence-electron chi connectivity index (χ1n) is 2.80. The highest BCUT2D eigenvalue weighted by atomic mass is 14.9. The van der Waals surface area contributed by atoms with Gasteiger partial charge in [0.15, 0.2) is 6.20 Å². The predicted molar refractivity (Wildman–Crippen MR) is 41.5 cm³/mol. The summed E-state index contributed by atoms with van der Waals surface area (Å²) in [5.41, 5.74) is 1.11. The van der Waals surface area contributed by atoms with Gasteiger partial charge in [-0.15, -0.1) is 0 Å². The Balaban J connectivity index is 4.00. The van der Waals surface area contributed by atoms with Crippen molar-refractivity contribution < 1.29 is 4.58 Å². The largest absolute Gasteiger partial charge is 0.296 e. The van der Waals surface area contributed by atoms with Crippen molar-refractivity contribution in [2.45, 2.75) is 6.92 Å². The lowest BCUT2D eigenvalue weighted by Gasteiger charge is -1.84. The Morgan fingerprint density at radius 1 is 1.67 bits per heavy atom. The zero-order chi connectivity index (χ0) is 7.28. The molecule has 0 saturated carbocycles. The lowest BCUT2D eigenvalue weighted by atomic mass is 10.4. The average molecular weight is 125 g/mol. The third-order valence-corrected chi connectivity index (χ3v) is 0.757. The van der Waals surface area contributed by atoms with Gasteiger partial charge in [-0.3, -0.25) is 4.99 Å². The van der Waals surface area contributed by atoms with E-state index >= 15 is 0 Å². The smallest absolute Gasteiger partial charge is 0.172 e. The Morgan fingerprint density at radius 3 is 2.56 bits per heavy atom. The highest BCUT2D eigenvalue weighted by Gasteiger charge is 1.85. The summed E-state index contributed by atoms with van der Waals surface area (Å²) in [4.78, 5) is 3.84. The van der Waals surface area contributed by atoms with Gasteiger partial charge < -0.3 is 0 Å². The molecule has 0 aromatic heterocycles. The first-order valence-corrected chi connectivity index (χ1v) is 2.80. The SMILES string of the molecule is C=[N+](C)C=C(C)C=NC. The summed E-state index contributed by atoms with van der Waals surface area (Å²) in [6, 6.07) is 0. The van der Waals surface area contributed by atoms with E-state index in [9.17, 15) is 0 Å². The molecule has 9 heavy (non-hydrogen) atoms. The van der Waals surface area contributed by atoms with Gasteiger partial charge in [-0.05, 0) is 6.92 Å². The van der Waals surface area contributed by atoms with Gasteiger partial charge in [0, 0.05) is 18.8 Å². The van der Waals surface area contributed by atoms with E-state index < -0.39 is 0 Å². The number of aliphatic imine (C=N–C) groups is 1. The Labute approximate surface area is 56.2 Å². The topological polar surface area (TPSA) is 15.4 Å². The molecule has 0 aliphatic heterocycles. The molecule has 0 radical (unpaired) electrons. The molecule has 0 saturated heterocycles. The molecule has 0 heterocycles. The van der Waals surface area contributed by atoms with Crippen LogP contribution in [0.3, 0.4) is 0 Å². The van der Waals surface area contributed by atoms with E-state index in [-0.39, 0.29) is 0 Å². The fourth-order valence-electron chi connectivity index (χ4n) is 0.585. The van der Waals surface area contributed by atoms with Gasteiger partial charge in [-0.25, -0.2) is 4.58 Å². The van der Waals surface area contributed by atoms with Crippen molar-refractivity contribution in [2.75, 3.05) is 14.1 Å². The number of hydrogen-bond acceptors (Lipinski definition) is 1. The van der Waals surface area contributed by atoms with Crippen molar-refractivity contribution in [1.82, 2.24) is 0 Å². The molecule has 2 heteroatoms. The Bertz CT molecular complexity index is 154. The highest BCUT2D eigenvalue weighted by Crippen LogP contribution is 1.84. The average Bonchev–Trinajstić information content (AvgIpc) is 1.63.